The largest absolute Gasteiger partial charge is 0.310 e. The summed E-state index contributed by atoms with van der Waals surface area (Å²) in [5.74, 6) is -0.255. The average molecular weight is 467 g/mol. The number of carbonyl (C=O) groups is 2. The highest BCUT2D eigenvalue weighted by Crippen LogP contribution is 2.35. The lowest BCUT2D eigenvalue weighted by atomic mass is 10.0. The molecule has 0 fully saturated rings. The van der Waals surface area contributed by atoms with Gasteiger partial charge in [-0.15, -0.1) is 0 Å². The molecule has 33 heavy (non-hydrogen) atoms. The Morgan fingerprint density at radius 2 is 1.82 bits per heavy atom. The summed E-state index contributed by atoms with van der Waals surface area (Å²) in [5, 5.41) is 7.18. The Hall–Kier alpha value is -3.30. The Morgan fingerprint density at radius 3 is 2.55 bits per heavy atom. The summed E-state index contributed by atoms with van der Waals surface area (Å²) in [7, 11) is -3.82. The fourth-order valence-electron chi connectivity index (χ4n) is 3.94. The van der Waals surface area contributed by atoms with Crippen LogP contribution in [0.1, 0.15) is 46.9 Å². The zero-order valence-corrected chi connectivity index (χ0v) is 19.6. The standard InChI is InChI=1S/C24H26N4O4S/c1-4-19-23(24-26-21(29)11-12-22(30)28(24)27-19)17-10-9-16(3)20(13-17)33(31,32)25-14-18-8-6-5-7-15(18)2/h5-10,13,25H,4,11-12,14H2,1-3H3,(H,26,29). The summed E-state index contributed by atoms with van der Waals surface area (Å²) < 4.78 is 30.3. The molecule has 3 aromatic rings. The third-order valence-electron chi connectivity index (χ3n) is 5.83. The van der Waals surface area contributed by atoms with E-state index in [4.69, 9.17) is 0 Å². The zero-order chi connectivity index (χ0) is 23.8. The van der Waals surface area contributed by atoms with E-state index in [2.05, 4.69) is 15.1 Å². The molecule has 0 atom stereocenters. The van der Waals surface area contributed by atoms with Crippen molar-refractivity contribution in [3.8, 4) is 11.1 Å². The Kier molecular flexibility index (Phi) is 6.18. The minimum Gasteiger partial charge on any atom is -0.310 e. The number of fused-ring (bicyclic) bond motifs is 1. The van der Waals surface area contributed by atoms with E-state index >= 15 is 0 Å². The van der Waals surface area contributed by atoms with Crippen molar-refractivity contribution in [1.82, 2.24) is 14.5 Å². The van der Waals surface area contributed by atoms with E-state index in [1.54, 1.807) is 25.1 Å². The van der Waals surface area contributed by atoms with Crippen LogP contribution in [0.25, 0.3) is 11.1 Å². The molecule has 0 spiro atoms. The quantitative estimate of drug-likeness (QED) is 0.577. The van der Waals surface area contributed by atoms with Gasteiger partial charge in [-0.2, -0.15) is 9.78 Å². The second-order valence-corrected chi connectivity index (χ2v) is 9.84. The smallest absolute Gasteiger partial charge is 0.249 e. The summed E-state index contributed by atoms with van der Waals surface area (Å²) in [6.07, 6.45) is 0.666. The number of carbonyl (C=O) groups excluding carboxylic acids is 2. The van der Waals surface area contributed by atoms with Crippen molar-refractivity contribution < 1.29 is 18.0 Å². The predicted octanol–water partition coefficient (Wildman–Crippen LogP) is 3.58. The Morgan fingerprint density at radius 1 is 1.06 bits per heavy atom. The molecular formula is C24H26N4O4S. The van der Waals surface area contributed by atoms with Crippen LogP contribution in [0, 0.1) is 13.8 Å². The minimum atomic E-state index is -3.82. The van der Waals surface area contributed by atoms with Crippen LogP contribution in [0.3, 0.4) is 0 Å². The monoisotopic (exact) mass is 466 g/mol. The van der Waals surface area contributed by atoms with Crippen LogP contribution in [0.5, 0.6) is 0 Å². The molecule has 2 N–H and O–H groups in total. The lowest BCUT2D eigenvalue weighted by molar-refractivity contribution is -0.116. The van der Waals surface area contributed by atoms with Gasteiger partial charge < -0.3 is 5.32 Å². The second-order valence-electron chi connectivity index (χ2n) is 8.11. The van der Waals surface area contributed by atoms with Crippen molar-refractivity contribution in [3.63, 3.8) is 0 Å². The number of anilines is 1. The van der Waals surface area contributed by atoms with Gasteiger partial charge >= 0.3 is 0 Å². The maximum Gasteiger partial charge on any atom is 0.249 e. The number of benzene rings is 2. The number of amides is 1. The molecule has 1 aromatic heterocycles. The molecule has 1 amide bonds. The first-order chi connectivity index (χ1) is 15.7. The highest BCUT2D eigenvalue weighted by molar-refractivity contribution is 7.89. The first kappa shape index (κ1) is 22.9. The van der Waals surface area contributed by atoms with Gasteiger partial charge in [0.2, 0.25) is 21.8 Å². The van der Waals surface area contributed by atoms with Crippen molar-refractivity contribution >= 4 is 27.7 Å². The van der Waals surface area contributed by atoms with Crippen molar-refractivity contribution in [1.29, 1.82) is 0 Å². The summed E-state index contributed by atoms with van der Waals surface area (Å²) >= 11 is 0. The molecule has 0 bridgehead atoms. The molecule has 0 saturated heterocycles. The molecular weight excluding hydrogens is 440 g/mol. The molecule has 2 aromatic carbocycles. The predicted molar refractivity (Wildman–Crippen MR) is 125 cm³/mol. The Bertz CT molecular complexity index is 1360. The highest BCUT2D eigenvalue weighted by Gasteiger charge is 2.28. The van der Waals surface area contributed by atoms with Crippen molar-refractivity contribution in [3.05, 3.63) is 64.8 Å². The van der Waals surface area contributed by atoms with Gasteiger partial charge in [-0.25, -0.2) is 13.1 Å². The molecule has 1 aliphatic rings. The van der Waals surface area contributed by atoms with E-state index in [0.29, 0.717) is 34.6 Å². The molecule has 172 valence electrons. The molecule has 0 radical (unpaired) electrons. The number of nitrogens with one attached hydrogen (secondary N) is 2. The summed E-state index contributed by atoms with van der Waals surface area (Å²) in [6, 6.07) is 12.7. The summed E-state index contributed by atoms with van der Waals surface area (Å²) in [6.45, 7) is 5.74. The van der Waals surface area contributed by atoms with Gasteiger partial charge in [0.25, 0.3) is 0 Å². The van der Waals surface area contributed by atoms with Crippen molar-refractivity contribution in [2.45, 2.75) is 51.5 Å². The third kappa shape index (κ3) is 4.46. The number of rotatable bonds is 6. The summed E-state index contributed by atoms with van der Waals surface area (Å²) in [4.78, 5) is 24.8. The third-order valence-corrected chi connectivity index (χ3v) is 7.38. The molecule has 1 aliphatic heterocycles. The van der Waals surface area contributed by atoms with Crippen LogP contribution >= 0.6 is 0 Å². The molecule has 4 rings (SSSR count). The van der Waals surface area contributed by atoms with Crippen molar-refractivity contribution in [2.75, 3.05) is 5.32 Å². The van der Waals surface area contributed by atoms with E-state index in [0.717, 1.165) is 11.1 Å². The maximum absolute atomic E-state index is 13.2. The van der Waals surface area contributed by atoms with Gasteiger partial charge in [0, 0.05) is 24.9 Å². The van der Waals surface area contributed by atoms with E-state index in [9.17, 15) is 18.0 Å². The average Bonchev–Trinajstić information content (AvgIpc) is 3.08. The number of aromatic nitrogens is 2. The zero-order valence-electron chi connectivity index (χ0n) is 18.8. The van der Waals surface area contributed by atoms with Crippen molar-refractivity contribution in [2.24, 2.45) is 0 Å². The van der Waals surface area contributed by atoms with Crippen LogP contribution in [0.4, 0.5) is 5.82 Å². The molecule has 9 heteroatoms. The van der Waals surface area contributed by atoms with Gasteiger partial charge in [0.05, 0.1) is 10.6 Å². The Labute approximate surface area is 193 Å². The SMILES string of the molecule is CCc1nn2c(c1-c1ccc(C)c(S(=O)(=O)NCc3ccccc3C)c1)NC(=O)CCC2=O. The molecule has 8 nitrogen and oxygen atoms in total. The van der Waals surface area contributed by atoms with E-state index in [1.165, 1.54) is 4.68 Å². The number of hydrogen-bond donors (Lipinski definition) is 2. The van der Waals surface area contributed by atoms with Gasteiger partial charge in [0.15, 0.2) is 0 Å². The molecule has 0 aliphatic carbocycles. The molecule has 0 saturated carbocycles. The topological polar surface area (TPSA) is 110 Å². The van der Waals surface area contributed by atoms with Crippen LogP contribution < -0.4 is 10.0 Å². The molecule has 2 heterocycles. The van der Waals surface area contributed by atoms with E-state index < -0.39 is 10.0 Å². The molecule has 0 unspecified atom stereocenters. The number of sulfonamides is 1. The number of hydrogen-bond acceptors (Lipinski definition) is 5. The minimum absolute atomic E-state index is 0.0689. The normalized spacial score (nSPS) is 14.0. The van der Waals surface area contributed by atoms with Crippen LogP contribution in [0.15, 0.2) is 47.4 Å². The lowest BCUT2D eigenvalue weighted by Gasteiger charge is -2.13. The Balaban J connectivity index is 1.76. The fourth-order valence-corrected chi connectivity index (χ4v) is 5.21. The van der Waals surface area contributed by atoms with Crippen LogP contribution in [-0.2, 0) is 27.8 Å². The van der Waals surface area contributed by atoms with Crippen LogP contribution in [-0.4, -0.2) is 30.0 Å². The fraction of sp³-hybridized carbons (Fsp3) is 0.292. The van der Waals surface area contributed by atoms with Gasteiger partial charge in [-0.1, -0.05) is 43.3 Å². The second kappa shape index (κ2) is 8.92. The number of nitrogens with zero attached hydrogens (tertiary/aromatic N) is 2. The summed E-state index contributed by atoms with van der Waals surface area (Å²) in [5.41, 5.74) is 4.24. The first-order valence-electron chi connectivity index (χ1n) is 10.8. The van der Waals surface area contributed by atoms with Gasteiger partial charge in [0.1, 0.15) is 5.82 Å². The lowest BCUT2D eigenvalue weighted by Crippen LogP contribution is -2.24. The van der Waals surface area contributed by atoms with Gasteiger partial charge in [-0.05, 0) is 48.6 Å². The van der Waals surface area contributed by atoms with E-state index in [1.807, 2.05) is 38.1 Å². The van der Waals surface area contributed by atoms with Crippen LogP contribution in [0.2, 0.25) is 0 Å². The maximum atomic E-state index is 13.2. The first-order valence-corrected chi connectivity index (χ1v) is 12.3. The van der Waals surface area contributed by atoms with E-state index in [-0.39, 0.29) is 36.1 Å². The highest BCUT2D eigenvalue weighted by atomic mass is 32.2. The van der Waals surface area contributed by atoms with Gasteiger partial charge in [-0.3, -0.25) is 9.59 Å². The number of aryl methyl sites for hydroxylation is 3.